The summed E-state index contributed by atoms with van der Waals surface area (Å²) in [5, 5.41) is 13.7. The van der Waals surface area contributed by atoms with Crippen molar-refractivity contribution < 1.29 is 24.1 Å². The standard InChI is InChI=1S/C29H32N6O5.CH4/c1-34(22-8-10-24(11-9-22)40-23-6-4-3-5-7-23)29-31-20-30-28(33-29)32-21-18-25(36)27(37-2)26(19-21)39-17-14-35-12-15-38-16-13-35;/h3-11,18-20,36H,12-17H2,1-2H3,(H,30,31,32,33);1H4. The second-order valence-corrected chi connectivity index (χ2v) is 9.03. The zero-order valence-electron chi connectivity index (χ0n) is 22.5. The summed E-state index contributed by atoms with van der Waals surface area (Å²) in [6.07, 6.45) is 1.43. The predicted octanol–water partition coefficient (Wildman–Crippen LogP) is 5.24. The molecule has 216 valence electrons. The average Bonchev–Trinajstić information content (AvgIpc) is 2.98. The highest BCUT2D eigenvalue weighted by Crippen LogP contribution is 2.40. The van der Waals surface area contributed by atoms with Gasteiger partial charge in [-0.25, -0.2) is 9.97 Å². The molecule has 0 atom stereocenters. The maximum Gasteiger partial charge on any atom is 0.234 e. The SMILES string of the molecule is C.COc1c(O)cc(Nc2ncnc(N(C)c3ccc(Oc4ccccc4)cc3)n2)cc1OCCN1CCOCC1. The molecule has 2 N–H and O–H groups in total. The number of nitrogens with zero attached hydrogens (tertiary/aromatic N) is 5. The molecule has 1 aliphatic rings. The number of hydrogen-bond donors (Lipinski definition) is 2. The number of phenolic OH excluding ortho intramolecular Hbond substituents is 1. The van der Waals surface area contributed by atoms with E-state index in [1.165, 1.54) is 19.5 Å². The molecule has 11 nitrogen and oxygen atoms in total. The van der Waals surface area contributed by atoms with Gasteiger partial charge in [-0.05, 0) is 36.4 Å². The van der Waals surface area contributed by atoms with Crippen molar-refractivity contribution in [3.05, 3.63) is 73.1 Å². The molecule has 41 heavy (non-hydrogen) atoms. The third-order valence-electron chi connectivity index (χ3n) is 6.33. The summed E-state index contributed by atoms with van der Waals surface area (Å²) in [6.45, 7) is 4.37. The maximum atomic E-state index is 10.6. The summed E-state index contributed by atoms with van der Waals surface area (Å²) in [5.41, 5.74) is 1.41. The summed E-state index contributed by atoms with van der Waals surface area (Å²) in [7, 11) is 3.36. The van der Waals surface area contributed by atoms with Gasteiger partial charge in [0, 0.05) is 50.2 Å². The number of morpholine rings is 1. The third-order valence-corrected chi connectivity index (χ3v) is 6.33. The molecule has 3 aromatic carbocycles. The Kier molecular flexibility index (Phi) is 10.1. The number of ether oxygens (including phenoxy) is 4. The molecule has 0 spiro atoms. The van der Waals surface area contributed by atoms with E-state index in [4.69, 9.17) is 18.9 Å². The van der Waals surface area contributed by atoms with Crippen LogP contribution in [-0.2, 0) is 4.74 Å². The van der Waals surface area contributed by atoms with Crippen molar-refractivity contribution >= 4 is 23.3 Å². The van der Waals surface area contributed by atoms with Gasteiger partial charge in [-0.3, -0.25) is 4.90 Å². The third kappa shape index (κ3) is 7.74. The Bertz CT molecular complexity index is 1380. The second kappa shape index (κ2) is 14.1. The van der Waals surface area contributed by atoms with Gasteiger partial charge >= 0.3 is 0 Å². The molecule has 4 aromatic rings. The summed E-state index contributed by atoms with van der Waals surface area (Å²) < 4.78 is 22.6. The van der Waals surface area contributed by atoms with Gasteiger partial charge in [-0.1, -0.05) is 25.6 Å². The van der Waals surface area contributed by atoms with Crippen LogP contribution in [0.1, 0.15) is 7.43 Å². The van der Waals surface area contributed by atoms with Crippen LogP contribution in [0, 0.1) is 0 Å². The van der Waals surface area contributed by atoms with E-state index in [0.717, 1.165) is 50.0 Å². The van der Waals surface area contributed by atoms with Gasteiger partial charge in [0.25, 0.3) is 0 Å². The van der Waals surface area contributed by atoms with Crippen LogP contribution in [-0.4, -0.2) is 78.6 Å². The molecule has 0 unspecified atom stereocenters. The van der Waals surface area contributed by atoms with Crippen molar-refractivity contribution in [1.29, 1.82) is 0 Å². The van der Waals surface area contributed by atoms with Crippen LogP contribution in [0.15, 0.2) is 73.1 Å². The summed E-state index contributed by atoms with van der Waals surface area (Å²) in [6, 6.07) is 20.5. The average molecular weight is 561 g/mol. The minimum absolute atomic E-state index is 0. The Morgan fingerprint density at radius 1 is 1.00 bits per heavy atom. The van der Waals surface area contributed by atoms with E-state index < -0.39 is 0 Å². The normalized spacial score (nSPS) is 13.1. The minimum atomic E-state index is -0.0573. The molecule has 0 radical (unpaired) electrons. The molecule has 1 aromatic heterocycles. The van der Waals surface area contributed by atoms with Crippen LogP contribution in [0.3, 0.4) is 0 Å². The molecule has 0 amide bonds. The largest absolute Gasteiger partial charge is 0.504 e. The lowest BCUT2D eigenvalue weighted by Crippen LogP contribution is -2.38. The molecule has 5 rings (SSSR count). The monoisotopic (exact) mass is 560 g/mol. The van der Waals surface area contributed by atoms with E-state index in [9.17, 15) is 5.11 Å². The minimum Gasteiger partial charge on any atom is -0.504 e. The Hall–Kier alpha value is -4.61. The molecule has 11 heteroatoms. The highest BCUT2D eigenvalue weighted by molar-refractivity contribution is 5.66. The van der Waals surface area contributed by atoms with Crippen molar-refractivity contribution in [1.82, 2.24) is 19.9 Å². The van der Waals surface area contributed by atoms with Crippen LogP contribution in [0.5, 0.6) is 28.7 Å². The van der Waals surface area contributed by atoms with Crippen molar-refractivity contribution in [3.8, 4) is 28.7 Å². The van der Waals surface area contributed by atoms with E-state index in [1.54, 1.807) is 6.07 Å². The van der Waals surface area contributed by atoms with Gasteiger partial charge in [0.15, 0.2) is 11.5 Å². The molecular formula is C30H36N6O5. The predicted molar refractivity (Wildman–Crippen MR) is 158 cm³/mol. The fourth-order valence-electron chi connectivity index (χ4n) is 4.20. The zero-order chi connectivity index (χ0) is 27.7. The molecule has 0 aliphatic carbocycles. The maximum absolute atomic E-state index is 10.6. The smallest absolute Gasteiger partial charge is 0.234 e. The molecule has 1 fully saturated rings. The number of methoxy groups -OCH3 is 1. The molecule has 0 bridgehead atoms. The van der Waals surface area contributed by atoms with Crippen molar-refractivity contribution in [2.75, 3.05) is 63.8 Å². The Morgan fingerprint density at radius 2 is 1.73 bits per heavy atom. The fourth-order valence-corrected chi connectivity index (χ4v) is 4.20. The molecular weight excluding hydrogens is 524 g/mol. The Labute approximate surface area is 240 Å². The van der Waals surface area contributed by atoms with Crippen LogP contribution in [0.2, 0.25) is 0 Å². The van der Waals surface area contributed by atoms with E-state index in [1.807, 2.05) is 66.5 Å². The van der Waals surface area contributed by atoms with Crippen molar-refractivity contribution in [2.24, 2.45) is 0 Å². The number of aromatic nitrogens is 3. The lowest BCUT2D eigenvalue weighted by Gasteiger charge is -2.26. The first-order valence-electron chi connectivity index (χ1n) is 13.0. The van der Waals surface area contributed by atoms with E-state index in [-0.39, 0.29) is 18.9 Å². The lowest BCUT2D eigenvalue weighted by molar-refractivity contribution is 0.0321. The molecule has 1 saturated heterocycles. The topological polar surface area (TPSA) is 114 Å². The van der Waals surface area contributed by atoms with Crippen molar-refractivity contribution in [2.45, 2.75) is 7.43 Å². The van der Waals surface area contributed by atoms with E-state index in [2.05, 4.69) is 25.2 Å². The van der Waals surface area contributed by atoms with Crippen molar-refractivity contribution in [3.63, 3.8) is 0 Å². The van der Waals surface area contributed by atoms with Gasteiger partial charge in [-0.2, -0.15) is 4.98 Å². The quantitative estimate of drug-likeness (QED) is 0.251. The van der Waals surface area contributed by atoms with E-state index >= 15 is 0 Å². The number of anilines is 4. The van der Waals surface area contributed by atoms with Crippen LogP contribution in [0.4, 0.5) is 23.3 Å². The van der Waals surface area contributed by atoms with Crippen LogP contribution >= 0.6 is 0 Å². The number of aromatic hydroxyl groups is 1. The highest BCUT2D eigenvalue weighted by Gasteiger charge is 2.16. The molecule has 1 aliphatic heterocycles. The summed E-state index contributed by atoms with van der Waals surface area (Å²) >= 11 is 0. The van der Waals surface area contributed by atoms with Gasteiger partial charge in [0.2, 0.25) is 17.6 Å². The summed E-state index contributed by atoms with van der Waals surface area (Å²) in [4.78, 5) is 17.2. The molecule has 2 heterocycles. The van der Waals surface area contributed by atoms with Gasteiger partial charge in [0.1, 0.15) is 24.4 Å². The number of benzene rings is 3. The number of para-hydroxylation sites is 1. The first-order chi connectivity index (χ1) is 19.6. The first-order valence-corrected chi connectivity index (χ1v) is 13.0. The first kappa shape index (κ1) is 29.4. The van der Waals surface area contributed by atoms with E-state index in [0.29, 0.717) is 29.9 Å². The number of hydrogen-bond acceptors (Lipinski definition) is 11. The van der Waals surface area contributed by atoms with Crippen LogP contribution < -0.4 is 24.4 Å². The lowest BCUT2D eigenvalue weighted by atomic mass is 10.2. The Balaban J connectivity index is 0.00000387. The Morgan fingerprint density at radius 3 is 2.46 bits per heavy atom. The fraction of sp³-hybridized carbons (Fsp3) is 0.300. The number of rotatable bonds is 11. The second-order valence-electron chi connectivity index (χ2n) is 9.03. The highest BCUT2D eigenvalue weighted by atomic mass is 16.5. The zero-order valence-corrected chi connectivity index (χ0v) is 22.5. The molecule has 0 saturated carbocycles. The summed E-state index contributed by atoms with van der Waals surface area (Å²) in [5.74, 6) is 2.87. The number of nitrogens with one attached hydrogen (secondary N) is 1. The van der Waals surface area contributed by atoms with Gasteiger partial charge in [-0.15, -0.1) is 0 Å². The van der Waals surface area contributed by atoms with Gasteiger partial charge < -0.3 is 34.3 Å². The van der Waals surface area contributed by atoms with Crippen LogP contribution in [0.25, 0.3) is 0 Å². The number of phenols is 1. The van der Waals surface area contributed by atoms with Gasteiger partial charge in [0.05, 0.1) is 20.3 Å².